The van der Waals surface area contributed by atoms with Crippen LogP contribution in [0.15, 0.2) is 12.3 Å². The standard InChI is InChI=1S/C11H17N3OS/c1-8(12)6-9-2-3-13-11(14-9)10-7-16-5-4-15-10/h2-3,8,10H,4-7,12H2,1H3. The first kappa shape index (κ1) is 11.8. The van der Waals surface area contributed by atoms with Gasteiger partial charge in [0.1, 0.15) is 6.10 Å². The average molecular weight is 239 g/mol. The summed E-state index contributed by atoms with van der Waals surface area (Å²) >= 11 is 1.89. The third-order valence-electron chi connectivity index (χ3n) is 2.37. The molecule has 2 N–H and O–H groups in total. The molecule has 1 saturated heterocycles. The molecule has 0 bridgehead atoms. The van der Waals surface area contributed by atoms with E-state index in [0.717, 1.165) is 36.1 Å². The van der Waals surface area contributed by atoms with Crippen LogP contribution in [0, 0.1) is 0 Å². The second-order valence-electron chi connectivity index (χ2n) is 4.02. The van der Waals surface area contributed by atoms with E-state index in [2.05, 4.69) is 9.97 Å². The largest absolute Gasteiger partial charge is 0.368 e. The van der Waals surface area contributed by atoms with Crippen molar-refractivity contribution in [2.24, 2.45) is 5.73 Å². The van der Waals surface area contributed by atoms with E-state index in [4.69, 9.17) is 10.5 Å². The van der Waals surface area contributed by atoms with Gasteiger partial charge in [0.15, 0.2) is 5.82 Å². The zero-order chi connectivity index (χ0) is 11.4. The van der Waals surface area contributed by atoms with Gasteiger partial charge in [0, 0.05) is 35.9 Å². The van der Waals surface area contributed by atoms with Crippen molar-refractivity contribution in [3.05, 3.63) is 23.8 Å². The Bertz CT molecular complexity index is 340. The van der Waals surface area contributed by atoms with Crippen LogP contribution in [0.4, 0.5) is 0 Å². The van der Waals surface area contributed by atoms with Crippen LogP contribution in [0.3, 0.4) is 0 Å². The fourth-order valence-corrected chi connectivity index (χ4v) is 2.49. The monoisotopic (exact) mass is 239 g/mol. The van der Waals surface area contributed by atoms with Gasteiger partial charge < -0.3 is 10.5 Å². The van der Waals surface area contributed by atoms with E-state index in [1.165, 1.54) is 0 Å². The minimum Gasteiger partial charge on any atom is -0.368 e. The molecule has 1 aliphatic rings. The molecule has 2 heterocycles. The Morgan fingerprint density at radius 2 is 2.56 bits per heavy atom. The first-order chi connectivity index (χ1) is 7.75. The van der Waals surface area contributed by atoms with Crippen molar-refractivity contribution in [3.8, 4) is 0 Å². The summed E-state index contributed by atoms with van der Waals surface area (Å²) in [5.41, 5.74) is 6.76. The molecule has 0 aromatic carbocycles. The van der Waals surface area contributed by atoms with Gasteiger partial charge in [0.25, 0.3) is 0 Å². The maximum absolute atomic E-state index is 5.76. The van der Waals surface area contributed by atoms with E-state index < -0.39 is 0 Å². The summed E-state index contributed by atoms with van der Waals surface area (Å²) in [7, 11) is 0. The second kappa shape index (κ2) is 5.61. The fourth-order valence-electron chi connectivity index (χ4n) is 1.65. The Hall–Kier alpha value is -0.650. The van der Waals surface area contributed by atoms with Gasteiger partial charge in [-0.25, -0.2) is 9.97 Å². The van der Waals surface area contributed by atoms with E-state index in [9.17, 15) is 0 Å². The second-order valence-corrected chi connectivity index (χ2v) is 5.17. The number of hydrogen-bond donors (Lipinski definition) is 1. The molecule has 0 spiro atoms. The van der Waals surface area contributed by atoms with Crippen LogP contribution < -0.4 is 5.73 Å². The van der Waals surface area contributed by atoms with Gasteiger partial charge in [0.05, 0.1) is 6.61 Å². The zero-order valence-corrected chi connectivity index (χ0v) is 10.2. The predicted molar refractivity (Wildman–Crippen MR) is 65.4 cm³/mol. The van der Waals surface area contributed by atoms with Crippen LogP contribution in [0.25, 0.3) is 0 Å². The van der Waals surface area contributed by atoms with Crippen molar-refractivity contribution in [3.63, 3.8) is 0 Å². The molecule has 0 aliphatic carbocycles. The highest BCUT2D eigenvalue weighted by atomic mass is 32.2. The van der Waals surface area contributed by atoms with E-state index in [0.29, 0.717) is 0 Å². The predicted octanol–water partition coefficient (Wildman–Crippen LogP) is 1.17. The quantitative estimate of drug-likeness (QED) is 0.858. The lowest BCUT2D eigenvalue weighted by Crippen LogP contribution is -2.21. The van der Waals surface area contributed by atoms with Crippen LogP contribution in [0.1, 0.15) is 24.5 Å². The molecule has 0 saturated carbocycles. The van der Waals surface area contributed by atoms with Crippen LogP contribution in [-0.4, -0.2) is 34.1 Å². The van der Waals surface area contributed by atoms with Gasteiger partial charge in [-0.3, -0.25) is 0 Å². The smallest absolute Gasteiger partial charge is 0.158 e. The normalized spacial score (nSPS) is 23.0. The van der Waals surface area contributed by atoms with Crippen molar-refractivity contribution in [1.29, 1.82) is 0 Å². The zero-order valence-electron chi connectivity index (χ0n) is 9.43. The number of nitrogens with two attached hydrogens (primary N) is 1. The Balaban J connectivity index is 2.08. The van der Waals surface area contributed by atoms with Gasteiger partial charge >= 0.3 is 0 Å². The molecule has 5 heteroatoms. The lowest BCUT2D eigenvalue weighted by Gasteiger charge is -2.21. The molecule has 0 amide bonds. The van der Waals surface area contributed by atoms with E-state index in [-0.39, 0.29) is 12.1 Å². The van der Waals surface area contributed by atoms with Gasteiger partial charge in [-0.15, -0.1) is 0 Å². The lowest BCUT2D eigenvalue weighted by atomic mass is 10.2. The number of hydrogen-bond acceptors (Lipinski definition) is 5. The Morgan fingerprint density at radius 3 is 3.25 bits per heavy atom. The van der Waals surface area contributed by atoms with E-state index >= 15 is 0 Å². The molecular formula is C11H17N3OS. The van der Waals surface area contributed by atoms with Gasteiger partial charge in [-0.2, -0.15) is 11.8 Å². The molecule has 2 unspecified atom stereocenters. The highest BCUT2D eigenvalue weighted by Crippen LogP contribution is 2.23. The Labute approximate surface area is 100.0 Å². The number of rotatable bonds is 3. The first-order valence-electron chi connectivity index (χ1n) is 5.52. The number of ether oxygens (including phenoxy) is 1. The summed E-state index contributed by atoms with van der Waals surface area (Å²) in [5.74, 6) is 2.81. The van der Waals surface area contributed by atoms with Crippen molar-refractivity contribution in [1.82, 2.24) is 9.97 Å². The van der Waals surface area contributed by atoms with Crippen molar-refractivity contribution < 1.29 is 4.74 Å². The van der Waals surface area contributed by atoms with E-state index in [1.54, 1.807) is 6.20 Å². The van der Waals surface area contributed by atoms with Crippen LogP contribution in [-0.2, 0) is 11.2 Å². The highest BCUT2D eigenvalue weighted by Gasteiger charge is 2.19. The summed E-state index contributed by atoms with van der Waals surface area (Å²) < 4.78 is 5.65. The number of nitrogens with zero attached hydrogens (tertiary/aromatic N) is 2. The topological polar surface area (TPSA) is 61.0 Å². The SMILES string of the molecule is CC(N)Cc1ccnc(C2CSCCO2)n1. The molecule has 16 heavy (non-hydrogen) atoms. The van der Waals surface area contributed by atoms with Crippen LogP contribution >= 0.6 is 11.8 Å². The number of thioether (sulfide) groups is 1. The Kier molecular flexibility index (Phi) is 4.15. The summed E-state index contributed by atoms with van der Waals surface area (Å²) in [5, 5.41) is 0. The molecule has 2 atom stereocenters. The van der Waals surface area contributed by atoms with Crippen molar-refractivity contribution in [2.75, 3.05) is 18.1 Å². The summed E-state index contributed by atoms with van der Waals surface area (Å²) in [6, 6.07) is 2.05. The third-order valence-corrected chi connectivity index (χ3v) is 3.36. The summed E-state index contributed by atoms with van der Waals surface area (Å²) in [6.45, 7) is 2.77. The lowest BCUT2D eigenvalue weighted by molar-refractivity contribution is 0.0692. The fraction of sp³-hybridized carbons (Fsp3) is 0.636. The molecule has 88 valence electrons. The molecule has 4 nitrogen and oxygen atoms in total. The van der Waals surface area contributed by atoms with Crippen LogP contribution in [0.5, 0.6) is 0 Å². The highest BCUT2D eigenvalue weighted by molar-refractivity contribution is 7.99. The molecule has 0 radical (unpaired) electrons. The number of aromatic nitrogens is 2. The van der Waals surface area contributed by atoms with E-state index in [1.807, 2.05) is 24.8 Å². The average Bonchev–Trinajstić information content (AvgIpc) is 2.30. The molecule has 1 aromatic rings. The maximum Gasteiger partial charge on any atom is 0.158 e. The minimum atomic E-state index is 0.0479. The molecule has 1 fully saturated rings. The van der Waals surface area contributed by atoms with Crippen molar-refractivity contribution >= 4 is 11.8 Å². The summed E-state index contributed by atoms with van der Waals surface area (Å²) in [4.78, 5) is 8.79. The maximum atomic E-state index is 5.76. The molecular weight excluding hydrogens is 222 g/mol. The summed E-state index contributed by atoms with van der Waals surface area (Å²) in [6.07, 6.45) is 2.63. The molecule has 1 aliphatic heterocycles. The van der Waals surface area contributed by atoms with Gasteiger partial charge in [-0.05, 0) is 13.0 Å². The van der Waals surface area contributed by atoms with Gasteiger partial charge in [-0.1, -0.05) is 0 Å². The Morgan fingerprint density at radius 1 is 1.69 bits per heavy atom. The molecule has 1 aromatic heterocycles. The van der Waals surface area contributed by atoms with Crippen molar-refractivity contribution in [2.45, 2.75) is 25.5 Å². The first-order valence-corrected chi connectivity index (χ1v) is 6.68. The minimum absolute atomic E-state index is 0.0479. The third kappa shape index (κ3) is 3.17. The molecule has 2 rings (SSSR count). The van der Waals surface area contributed by atoms with Crippen LogP contribution in [0.2, 0.25) is 0 Å². The van der Waals surface area contributed by atoms with Gasteiger partial charge in [0.2, 0.25) is 0 Å².